The molecule has 0 spiro atoms. The van der Waals surface area contributed by atoms with Gasteiger partial charge in [-0.15, -0.1) is 0 Å². The highest BCUT2D eigenvalue weighted by molar-refractivity contribution is 9.10. The van der Waals surface area contributed by atoms with Crippen LogP contribution in [0, 0.1) is 0 Å². The number of hydrogen-bond acceptors (Lipinski definition) is 3. The SMILES string of the molecule is CCCn1ncc(Br)c1C(N)CSC. The van der Waals surface area contributed by atoms with Crippen molar-refractivity contribution in [2.45, 2.75) is 25.9 Å². The van der Waals surface area contributed by atoms with E-state index in [0.717, 1.165) is 28.9 Å². The van der Waals surface area contributed by atoms with E-state index in [1.165, 1.54) is 0 Å². The van der Waals surface area contributed by atoms with Gasteiger partial charge in [0.25, 0.3) is 0 Å². The van der Waals surface area contributed by atoms with Crippen LogP contribution in [0.1, 0.15) is 25.1 Å². The smallest absolute Gasteiger partial charge is 0.0701 e. The lowest BCUT2D eigenvalue weighted by Crippen LogP contribution is -2.18. The first kappa shape index (κ1) is 12.1. The molecule has 3 nitrogen and oxygen atoms in total. The van der Waals surface area contributed by atoms with Crippen LogP contribution in [0.4, 0.5) is 0 Å². The number of aromatic nitrogens is 2. The second kappa shape index (κ2) is 5.78. The third-order valence-corrected chi connectivity index (χ3v) is 3.27. The van der Waals surface area contributed by atoms with Gasteiger partial charge in [-0.25, -0.2) is 0 Å². The molecule has 0 aliphatic carbocycles. The summed E-state index contributed by atoms with van der Waals surface area (Å²) in [6.45, 7) is 3.07. The zero-order chi connectivity index (χ0) is 10.6. The van der Waals surface area contributed by atoms with Crippen molar-refractivity contribution < 1.29 is 0 Å². The van der Waals surface area contributed by atoms with Crippen LogP contribution in [0.2, 0.25) is 0 Å². The fourth-order valence-corrected chi connectivity index (χ4v) is 2.50. The van der Waals surface area contributed by atoms with Gasteiger partial charge >= 0.3 is 0 Å². The number of halogens is 1. The van der Waals surface area contributed by atoms with Crippen LogP contribution in [-0.4, -0.2) is 21.8 Å². The topological polar surface area (TPSA) is 43.8 Å². The van der Waals surface area contributed by atoms with Gasteiger partial charge in [0.1, 0.15) is 0 Å². The van der Waals surface area contributed by atoms with Crippen LogP contribution in [0.15, 0.2) is 10.7 Å². The highest BCUT2D eigenvalue weighted by atomic mass is 79.9. The summed E-state index contributed by atoms with van der Waals surface area (Å²) in [6.07, 6.45) is 4.96. The molecule has 0 aliphatic rings. The minimum Gasteiger partial charge on any atom is -0.322 e. The molecule has 14 heavy (non-hydrogen) atoms. The molecular formula is C9H16BrN3S. The molecule has 1 heterocycles. The van der Waals surface area contributed by atoms with Crippen LogP contribution < -0.4 is 5.73 Å². The van der Waals surface area contributed by atoms with E-state index in [2.05, 4.69) is 34.2 Å². The Hall–Kier alpha value is -0.0000000000000000555. The van der Waals surface area contributed by atoms with E-state index in [0.29, 0.717) is 0 Å². The Morgan fingerprint density at radius 1 is 1.71 bits per heavy atom. The number of aryl methyl sites for hydroxylation is 1. The molecule has 0 amide bonds. The Morgan fingerprint density at radius 3 is 3.00 bits per heavy atom. The first-order valence-corrected chi connectivity index (χ1v) is 6.85. The Morgan fingerprint density at radius 2 is 2.43 bits per heavy atom. The van der Waals surface area contributed by atoms with E-state index in [1.54, 1.807) is 11.8 Å². The second-order valence-corrected chi connectivity index (χ2v) is 4.93. The lowest BCUT2D eigenvalue weighted by molar-refractivity contribution is 0.553. The molecule has 1 atom stereocenters. The van der Waals surface area contributed by atoms with Gasteiger partial charge in [0, 0.05) is 12.3 Å². The van der Waals surface area contributed by atoms with E-state index in [-0.39, 0.29) is 6.04 Å². The van der Waals surface area contributed by atoms with Crippen molar-refractivity contribution in [1.29, 1.82) is 0 Å². The van der Waals surface area contributed by atoms with Gasteiger partial charge in [-0.3, -0.25) is 4.68 Å². The molecule has 1 unspecified atom stereocenters. The van der Waals surface area contributed by atoms with Gasteiger partial charge in [-0.05, 0) is 28.6 Å². The largest absolute Gasteiger partial charge is 0.322 e. The Labute approximate surface area is 97.6 Å². The summed E-state index contributed by atoms with van der Waals surface area (Å²) in [5.74, 6) is 0.925. The molecule has 0 aromatic carbocycles. The molecule has 0 fully saturated rings. The van der Waals surface area contributed by atoms with Crippen LogP contribution in [-0.2, 0) is 6.54 Å². The quantitative estimate of drug-likeness (QED) is 0.899. The molecule has 1 aromatic rings. The van der Waals surface area contributed by atoms with Crippen molar-refractivity contribution in [3.05, 3.63) is 16.4 Å². The van der Waals surface area contributed by atoms with Gasteiger partial charge in [0.2, 0.25) is 0 Å². The monoisotopic (exact) mass is 277 g/mol. The van der Waals surface area contributed by atoms with Crippen molar-refractivity contribution in [3.8, 4) is 0 Å². The molecule has 1 rings (SSSR count). The molecular weight excluding hydrogens is 262 g/mol. The van der Waals surface area contributed by atoms with Crippen molar-refractivity contribution >= 4 is 27.7 Å². The normalized spacial score (nSPS) is 13.1. The van der Waals surface area contributed by atoms with E-state index < -0.39 is 0 Å². The minimum absolute atomic E-state index is 0.0634. The van der Waals surface area contributed by atoms with Crippen LogP contribution in [0.3, 0.4) is 0 Å². The Balaban J connectivity index is 2.86. The van der Waals surface area contributed by atoms with E-state index in [1.807, 2.05) is 10.9 Å². The van der Waals surface area contributed by atoms with Crippen molar-refractivity contribution in [3.63, 3.8) is 0 Å². The lowest BCUT2D eigenvalue weighted by Gasteiger charge is -2.13. The summed E-state index contributed by atoms with van der Waals surface area (Å²) >= 11 is 5.24. The van der Waals surface area contributed by atoms with Crippen molar-refractivity contribution in [2.75, 3.05) is 12.0 Å². The Bertz CT molecular complexity index is 288. The predicted octanol–water partition coefficient (Wildman–Crippen LogP) is 2.42. The number of nitrogens with zero attached hydrogens (tertiary/aromatic N) is 2. The summed E-state index contributed by atoms with van der Waals surface area (Å²) in [5, 5.41) is 4.29. The molecule has 0 saturated carbocycles. The maximum atomic E-state index is 6.07. The number of thioether (sulfide) groups is 1. The minimum atomic E-state index is 0.0634. The van der Waals surface area contributed by atoms with E-state index in [4.69, 9.17) is 5.73 Å². The average Bonchev–Trinajstić information content (AvgIpc) is 2.48. The first-order chi connectivity index (χ1) is 6.70. The number of hydrogen-bond donors (Lipinski definition) is 1. The molecule has 5 heteroatoms. The lowest BCUT2D eigenvalue weighted by atomic mass is 10.2. The van der Waals surface area contributed by atoms with Gasteiger partial charge in [-0.1, -0.05) is 6.92 Å². The molecule has 0 aliphatic heterocycles. The molecule has 2 N–H and O–H groups in total. The fraction of sp³-hybridized carbons (Fsp3) is 0.667. The standard InChI is InChI=1S/C9H16BrN3S/c1-3-4-13-9(7(10)5-12-13)8(11)6-14-2/h5,8H,3-4,6,11H2,1-2H3. The highest BCUT2D eigenvalue weighted by Gasteiger charge is 2.15. The summed E-state index contributed by atoms with van der Waals surface area (Å²) in [5.41, 5.74) is 7.18. The molecule has 0 saturated heterocycles. The molecule has 1 aromatic heterocycles. The second-order valence-electron chi connectivity index (χ2n) is 3.16. The van der Waals surface area contributed by atoms with E-state index >= 15 is 0 Å². The first-order valence-electron chi connectivity index (χ1n) is 4.66. The third kappa shape index (κ3) is 2.74. The van der Waals surface area contributed by atoms with Crippen LogP contribution in [0.5, 0.6) is 0 Å². The molecule has 80 valence electrons. The Kier molecular flexibility index (Phi) is 4.98. The third-order valence-electron chi connectivity index (χ3n) is 1.97. The van der Waals surface area contributed by atoms with Crippen molar-refractivity contribution in [1.82, 2.24) is 9.78 Å². The van der Waals surface area contributed by atoms with Crippen LogP contribution >= 0.6 is 27.7 Å². The van der Waals surface area contributed by atoms with Gasteiger partial charge < -0.3 is 5.73 Å². The maximum absolute atomic E-state index is 6.07. The number of rotatable bonds is 5. The average molecular weight is 278 g/mol. The summed E-state index contributed by atoms with van der Waals surface area (Å²) in [7, 11) is 0. The zero-order valence-electron chi connectivity index (χ0n) is 8.53. The fourth-order valence-electron chi connectivity index (χ4n) is 1.39. The van der Waals surface area contributed by atoms with E-state index in [9.17, 15) is 0 Å². The van der Waals surface area contributed by atoms with Crippen LogP contribution in [0.25, 0.3) is 0 Å². The summed E-state index contributed by atoms with van der Waals surface area (Å²) in [4.78, 5) is 0. The van der Waals surface area contributed by atoms with Crippen molar-refractivity contribution in [2.24, 2.45) is 5.73 Å². The van der Waals surface area contributed by atoms with Gasteiger partial charge in [-0.2, -0.15) is 16.9 Å². The predicted molar refractivity (Wildman–Crippen MR) is 65.5 cm³/mol. The van der Waals surface area contributed by atoms with Gasteiger partial charge in [0.05, 0.1) is 22.4 Å². The summed E-state index contributed by atoms with van der Waals surface area (Å²) in [6, 6.07) is 0.0634. The zero-order valence-corrected chi connectivity index (χ0v) is 10.9. The molecule has 0 bridgehead atoms. The maximum Gasteiger partial charge on any atom is 0.0701 e. The van der Waals surface area contributed by atoms with Gasteiger partial charge in [0.15, 0.2) is 0 Å². The molecule has 0 radical (unpaired) electrons. The number of nitrogens with two attached hydrogens (primary N) is 1. The highest BCUT2D eigenvalue weighted by Crippen LogP contribution is 2.23. The summed E-state index contributed by atoms with van der Waals surface area (Å²) < 4.78 is 3.01.